The van der Waals surface area contributed by atoms with Crippen molar-refractivity contribution < 1.29 is 9.90 Å². The van der Waals surface area contributed by atoms with E-state index >= 15 is 0 Å². The molecule has 1 fully saturated rings. The van der Waals surface area contributed by atoms with Crippen molar-refractivity contribution in [2.75, 3.05) is 0 Å². The first-order valence-corrected chi connectivity index (χ1v) is 3.15. The Balaban J connectivity index is 2.59. The minimum absolute atomic E-state index is 0.368. The highest BCUT2D eigenvalue weighted by Gasteiger charge is 2.29. The van der Waals surface area contributed by atoms with Crippen LogP contribution in [0.5, 0.6) is 0 Å². The van der Waals surface area contributed by atoms with Crippen LogP contribution in [0.3, 0.4) is 0 Å². The van der Waals surface area contributed by atoms with E-state index in [0.717, 1.165) is 12.8 Å². The molecule has 50 valence electrons. The predicted octanol–water partition coefficient (Wildman–Crippen LogP) is 1.43. The summed E-state index contributed by atoms with van der Waals surface area (Å²) in [7, 11) is 0. The molecule has 0 radical (unpaired) electrons. The van der Waals surface area contributed by atoms with Gasteiger partial charge in [0.25, 0.3) is 0 Å². The zero-order valence-corrected chi connectivity index (χ0v) is 5.42. The van der Waals surface area contributed by atoms with E-state index in [1.165, 1.54) is 0 Å². The van der Waals surface area contributed by atoms with Crippen LogP contribution in [-0.2, 0) is 4.79 Å². The average molecular weight is 126 g/mol. The van der Waals surface area contributed by atoms with Crippen LogP contribution in [-0.4, -0.2) is 11.1 Å². The topological polar surface area (TPSA) is 37.3 Å². The van der Waals surface area contributed by atoms with Crippen molar-refractivity contribution in [1.29, 1.82) is 0 Å². The van der Waals surface area contributed by atoms with Gasteiger partial charge in [-0.1, -0.05) is 6.08 Å². The van der Waals surface area contributed by atoms with E-state index in [0.29, 0.717) is 11.5 Å². The van der Waals surface area contributed by atoms with Crippen LogP contribution in [0.1, 0.15) is 19.8 Å². The van der Waals surface area contributed by atoms with Crippen molar-refractivity contribution in [2.24, 2.45) is 5.92 Å². The Morgan fingerprint density at radius 3 is 2.33 bits per heavy atom. The van der Waals surface area contributed by atoms with Gasteiger partial charge in [-0.3, -0.25) is 0 Å². The van der Waals surface area contributed by atoms with E-state index in [2.05, 4.69) is 0 Å². The third-order valence-electron chi connectivity index (χ3n) is 1.58. The standard InChI is InChI=1S/C7H10O2/c1-2-6(7(8)9)5-3-4-5/h2,5H,3-4H2,1H3,(H,8,9)/b6-2-. The molecule has 0 atom stereocenters. The predicted molar refractivity (Wildman–Crippen MR) is 34.1 cm³/mol. The van der Waals surface area contributed by atoms with Crippen LogP contribution in [0.15, 0.2) is 11.6 Å². The molecule has 2 heteroatoms. The molecule has 1 aliphatic carbocycles. The summed E-state index contributed by atoms with van der Waals surface area (Å²) < 4.78 is 0. The van der Waals surface area contributed by atoms with Gasteiger partial charge in [0, 0.05) is 5.57 Å². The monoisotopic (exact) mass is 126 g/mol. The molecule has 0 unspecified atom stereocenters. The van der Waals surface area contributed by atoms with E-state index in [1.807, 2.05) is 0 Å². The fraction of sp³-hybridized carbons (Fsp3) is 0.571. The minimum atomic E-state index is -0.750. The fourth-order valence-corrected chi connectivity index (χ4v) is 0.928. The number of aliphatic carboxylic acids is 1. The normalized spacial score (nSPS) is 19.9. The van der Waals surface area contributed by atoms with Crippen LogP contribution < -0.4 is 0 Å². The van der Waals surface area contributed by atoms with Gasteiger partial charge in [0.15, 0.2) is 0 Å². The van der Waals surface area contributed by atoms with E-state index in [1.54, 1.807) is 13.0 Å². The second-order valence-electron chi connectivity index (χ2n) is 2.32. The Kier molecular flexibility index (Phi) is 1.56. The highest BCUT2D eigenvalue weighted by molar-refractivity contribution is 5.87. The van der Waals surface area contributed by atoms with Gasteiger partial charge in [-0.15, -0.1) is 0 Å². The second-order valence-corrected chi connectivity index (χ2v) is 2.32. The first kappa shape index (κ1) is 6.33. The van der Waals surface area contributed by atoms with Crippen molar-refractivity contribution in [1.82, 2.24) is 0 Å². The van der Waals surface area contributed by atoms with Gasteiger partial charge in [-0.05, 0) is 25.7 Å². The Morgan fingerprint density at radius 2 is 2.22 bits per heavy atom. The highest BCUT2D eigenvalue weighted by atomic mass is 16.4. The summed E-state index contributed by atoms with van der Waals surface area (Å²) >= 11 is 0. The molecule has 0 amide bonds. The summed E-state index contributed by atoms with van der Waals surface area (Å²) in [5, 5.41) is 8.52. The maximum Gasteiger partial charge on any atom is 0.331 e. The zero-order chi connectivity index (χ0) is 6.85. The SMILES string of the molecule is C/C=C(\C(=O)O)C1CC1. The molecule has 0 aromatic carbocycles. The van der Waals surface area contributed by atoms with Gasteiger partial charge >= 0.3 is 5.97 Å². The number of carbonyl (C=O) groups is 1. The number of hydrogen-bond acceptors (Lipinski definition) is 1. The molecule has 0 aliphatic heterocycles. The molecule has 1 saturated carbocycles. The van der Waals surface area contributed by atoms with Crippen LogP contribution in [0, 0.1) is 5.92 Å². The maximum absolute atomic E-state index is 10.3. The molecule has 1 aliphatic rings. The molecule has 0 spiro atoms. The Bertz CT molecular complexity index is 154. The Hall–Kier alpha value is -0.790. The molecular weight excluding hydrogens is 116 g/mol. The molecule has 0 heterocycles. The van der Waals surface area contributed by atoms with Gasteiger partial charge in [-0.25, -0.2) is 4.79 Å². The van der Waals surface area contributed by atoms with Crippen LogP contribution >= 0.6 is 0 Å². The van der Waals surface area contributed by atoms with Gasteiger partial charge in [0.1, 0.15) is 0 Å². The molecule has 9 heavy (non-hydrogen) atoms. The van der Waals surface area contributed by atoms with Crippen molar-refractivity contribution in [3.63, 3.8) is 0 Å². The zero-order valence-electron chi connectivity index (χ0n) is 5.42. The smallest absolute Gasteiger partial charge is 0.331 e. The number of rotatable bonds is 2. The lowest BCUT2D eigenvalue weighted by atomic mass is 10.2. The summed E-state index contributed by atoms with van der Waals surface area (Å²) in [6.07, 6.45) is 3.82. The largest absolute Gasteiger partial charge is 0.478 e. The average Bonchev–Trinajstić information content (AvgIpc) is 2.50. The molecule has 1 N–H and O–H groups in total. The fourth-order valence-electron chi connectivity index (χ4n) is 0.928. The lowest BCUT2D eigenvalue weighted by Gasteiger charge is -1.93. The van der Waals surface area contributed by atoms with Gasteiger partial charge in [-0.2, -0.15) is 0 Å². The lowest BCUT2D eigenvalue weighted by Crippen LogP contribution is -2.01. The quantitative estimate of drug-likeness (QED) is 0.568. The van der Waals surface area contributed by atoms with Crippen LogP contribution in [0.2, 0.25) is 0 Å². The number of hydrogen-bond donors (Lipinski definition) is 1. The number of carboxylic acid groups (broad SMARTS) is 1. The summed E-state index contributed by atoms with van der Waals surface area (Å²) in [5.74, 6) is -0.382. The Morgan fingerprint density at radius 1 is 1.67 bits per heavy atom. The van der Waals surface area contributed by atoms with E-state index < -0.39 is 5.97 Å². The van der Waals surface area contributed by atoms with Crippen molar-refractivity contribution in [2.45, 2.75) is 19.8 Å². The Labute approximate surface area is 54.2 Å². The van der Waals surface area contributed by atoms with E-state index in [-0.39, 0.29) is 0 Å². The van der Waals surface area contributed by atoms with Crippen molar-refractivity contribution in [3.05, 3.63) is 11.6 Å². The molecule has 0 aromatic rings. The summed E-state index contributed by atoms with van der Waals surface area (Å²) in [5.41, 5.74) is 0.593. The van der Waals surface area contributed by atoms with Gasteiger partial charge in [0.05, 0.1) is 0 Å². The van der Waals surface area contributed by atoms with Crippen LogP contribution in [0.25, 0.3) is 0 Å². The third-order valence-corrected chi connectivity index (χ3v) is 1.58. The molecule has 0 bridgehead atoms. The van der Waals surface area contributed by atoms with E-state index in [4.69, 9.17) is 5.11 Å². The van der Waals surface area contributed by atoms with Crippen LogP contribution in [0.4, 0.5) is 0 Å². The van der Waals surface area contributed by atoms with Gasteiger partial charge < -0.3 is 5.11 Å². The maximum atomic E-state index is 10.3. The number of allylic oxidation sites excluding steroid dienone is 1. The molecule has 0 aromatic heterocycles. The first-order chi connectivity index (χ1) is 4.25. The van der Waals surface area contributed by atoms with E-state index in [9.17, 15) is 4.79 Å². The summed E-state index contributed by atoms with van der Waals surface area (Å²) in [6, 6.07) is 0. The summed E-state index contributed by atoms with van der Waals surface area (Å²) in [4.78, 5) is 10.3. The van der Waals surface area contributed by atoms with Crippen molar-refractivity contribution in [3.8, 4) is 0 Å². The van der Waals surface area contributed by atoms with Gasteiger partial charge in [0.2, 0.25) is 0 Å². The molecule has 0 saturated heterocycles. The molecule has 2 nitrogen and oxygen atoms in total. The molecule has 1 rings (SSSR count). The lowest BCUT2D eigenvalue weighted by molar-refractivity contribution is -0.132. The molecular formula is C7H10O2. The first-order valence-electron chi connectivity index (χ1n) is 3.15. The van der Waals surface area contributed by atoms with Crippen molar-refractivity contribution >= 4 is 5.97 Å². The summed E-state index contributed by atoms with van der Waals surface area (Å²) in [6.45, 7) is 1.78. The highest BCUT2D eigenvalue weighted by Crippen LogP contribution is 2.36. The minimum Gasteiger partial charge on any atom is -0.478 e. The second kappa shape index (κ2) is 2.21. The number of carboxylic acids is 1. The third kappa shape index (κ3) is 1.31.